The first-order chi connectivity index (χ1) is 58.1. The Morgan fingerprint density at radius 3 is 1.78 bits per heavy atom. The molecule has 40 heteroatoms. The van der Waals surface area contributed by atoms with Crippen LogP contribution >= 0.6 is 0 Å². The molecule has 2 fully saturated rings. The van der Waals surface area contributed by atoms with Gasteiger partial charge in [0.2, 0.25) is 23.4 Å². The summed E-state index contributed by atoms with van der Waals surface area (Å²) in [5, 5.41) is 58.7. The highest BCUT2D eigenvalue weighted by Crippen LogP contribution is 2.51. The summed E-state index contributed by atoms with van der Waals surface area (Å²) in [6.07, 6.45) is 16.8. The Hall–Kier alpha value is -10.5. The second kappa shape index (κ2) is 39.8. The van der Waals surface area contributed by atoms with Gasteiger partial charge in [0.15, 0.2) is 5.71 Å². The predicted octanol–water partition coefficient (Wildman–Crippen LogP) is 7.08. The van der Waals surface area contributed by atoms with Crippen molar-refractivity contribution < 1.29 is 130 Å². The highest BCUT2D eigenvalue weighted by atomic mass is 32.2. The van der Waals surface area contributed by atoms with Crippen LogP contribution in [0.25, 0.3) is 21.5 Å². The smallest absolute Gasteiger partial charge is 0.317 e. The molecular weight excluding hydrogens is 1700 g/mol. The van der Waals surface area contributed by atoms with Crippen LogP contribution in [-0.2, 0) is 106 Å². The third kappa shape index (κ3) is 23.5. The standard InChI is InChI=1S/C84H103N9O27S4/c1-6-91-66-32-31-59-61(40-58(122(112,113)114)42-68(59)123(115,116)117)80(66)84(4,5)71(91)21-10-7-9-20-70-83(2,3)62-39-54-38-57(121(109,110)111)41-69(124(118,119)120)60(54)43-67(62)92(70)36-16-8-11-22-72(94)87-63(17-14-15-35-85-81(107)53-27-23-52(24-28-53)44-93-73(95)33-34-74(93)96)82(108)86-55-29-25-51(26-30-55)37-56(88(46-75(97)98)47-76(99)100)45-89(48-77(101)102)64-18-12-13-19-65(64)90(49-78(103)104)50-79(105)106/h7,9-10,20-21,25-26,29-34,38-43,52-53,56,63-65H,6,8,11-19,22-24,27-28,35-37,44-50H2,1-5H3,(H11-,85,86,87,94,97,98,99,100,101,102,103,104,105,106,107,108,109,110,111,112,113,114,115,116,117,118,119,120)/t52?,53?,56-,63+,64+,65+/m1/s1. The van der Waals surface area contributed by atoms with E-state index < -0.39 is 169 Å². The first-order valence-electron chi connectivity index (χ1n) is 40.6. The van der Waals surface area contributed by atoms with Gasteiger partial charge >= 0.3 is 29.8 Å². The maximum Gasteiger partial charge on any atom is 0.317 e. The zero-order valence-corrected chi connectivity index (χ0v) is 72.2. The van der Waals surface area contributed by atoms with Gasteiger partial charge in [0.25, 0.3) is 42.2 Å². The van der Waals surface area contributed by atoms with Crippen LogP contribution in [0.5, 0.6) is 0 Å². The molecule has 3 aliphatic heterocycles. The van der Waals surface area contributed by atoms with E-state index >= 15 is 0 Å². The predicted molar refractivity (Wildman–Crippen MR) is 451 cm³/mol. The number of amides is 5. The number of hydrogen-bond donors (Lipinski definition) is 11. The van der Waals surface area contributed by atoms with E-state index in [0.29, 0.717) is 135 Å². The summed E-state index contributed by atoms with van der Waals surface area (Å²) >= 11 is 0. The highest BCUT2D eigenvalue weighted by molar-refractivity contribution is 7.87. The maximum absolute atomic E-state index is 14.6. The number of hydrogen-bond acceptors (Lipinski definition) is 23. The molecule has 5 amide bonds. The molecule has 5 aromatic carbocycles. The number of nitrogens with zero attached hydrogens (tertiary/aromatic N) is 6. The number of carboxylic acids is 5. The number of carbonyl (C=O) groups is 10. The molecule has 36 nitrogen and oxygen atoms in total. The average Bonchev–Trinajstić information content (AvgIpc) is 1.57. The second-order valence-electron chi connectivity index (χ2n) is 32.9. The summed E-state index contributed by atoms with van der Waals surface area (Å²) in [6, 6.07) is 12.0. The Morgan fingerprint density at radius 1 is 0.613 bits per heavy atom. The molecule has 10 rings (SSSR count). The minimum absolute atomic E-state index is 0.0347. The van der Waals surface area contributed by atoms with Gasteiger partial charge in [0.1, 0.15) is 27.6 Å². The summed E-state index contributed by atoms with van der Waals surface area (Å²) in [7, 11) is -20.4. The third-order valence-electron chi connectivity index (χ3n) is 23.7. The minimum atomic E-state index is -5.26. The van der Waals surface area contributed by atoms with Crippen LogP contribution in [-0.4, -0.2) is 256 Å². The lowest BCUT2D eigenvalue weighted by Gasteiger charge is -2.45. The van der Waals surface area contributed by atoms with Crippen LogP contribution in [0.2, 0.25) is 0 Å². The van der Waals surface area contributed by atoms with Crippen LogP contribution in [0.4, 0.5) is 17.1 Å². The van der Waals surface area contributed by atoms with E-state index in [1.54, 1.807) is 54.6 Å². The summed E-state index contributed by atoms with van der Waals surface area (Å²) in [4.78, 5) is 132. The number of anilines is 2. The molecular formula is C84H103N9O27S4. The van der Waals surface area contributed by atoms with Crippen molar-refractivity contribution in [3.05, 3.63) is 138 Å². The molecule has 3 heterocycles. The van der Waals surface area contributed by atoms with E-state index in [1.165, 1.54) is 51.1 Å². The van der Waals surface area contributed by atoms with Crippen molar-refractivity contribution >= 4 is 144 Å². The Labute approximate surface area is 717 Å². The number of nitrogens with one attached hydrogen (secondary N) is 3. The van der Waals surface area contributed by atoms with Gasteiger partial charge in [-0.15, -0.1) is 0 Å². The number of rotatable bonds is 42. The number of carbonyl (C=O) groups excluding carboxylic acids is 5. The quantitative estimate of drug-likeness (QED) is 0.00611. The zero-order valence-electron chi connectivity index (χ0n) is 69.0. The molecule has 5 aromatic rings. The number of fused-ring (bicyclic) bond motifs is 5. The van der Waals surface area contributed by atoms with Crippen LogP contribution in [0.1, 0.15) is 148 Å². The van der Waals surface area contributed by atoms with E-state index in [4.69, 9.17) is 0 Å². The third-order valence-corrected chi connectivity index (χ3v) is 27.1. The molecule has 11 N–H and O–H groups in total. The number of carboxylic acid groups (broad SMARTS) is 5. The Kier molecular flexibility index (Phi) is 30.7. The van der Waals surface area contributed by atoms with Crippen LogP contribution < -0.4 is 20.9 Å². The molecule has 124 heavy (non-hydrogen) atoms. The lowest BCUT2D eigenvalue weighted by atomic mass is 9.79. The van der Waals surface area contributed by atoms with Gasteiger partial charge in [-0.25, -0.2) is 8.42 Å². The van der Waals surface area contributed by atoms with Gasteiger partial charge in [-0.1, -0.05) is 63.5 Å². The topological polar surface area (TPSA) is 547 Å². The fourth-order valence-electron chi connectivity index (χ4n) is 17.9. The lowest BCUT2D eigenvalue weighted by Crippen LogP contribution is -2.59. The molecule has 2 aliphatic carbocycles. The van der Waals surface area contributed by atoms with Gasteiger partial charge < -0.3 is 50.9 Å². The molecule has 0 spiro atoms. The average molecular weight is 1800 g/mol. The van der Waals surface area contributed by atoms with Crippen molar-refractivity contribution in [2.75, 3.05) is 75.7 Å². The first kappa shape index (κ1) is 95.7. The lowest BCUT2D eigenvalue weighted by molar-refractivity contribution is -0.433. The zero-order chi connectivity index (χ0) is 90.9. The van der Waals surface area contributed by atoms with E-state index in [9.17, 15) is 125 Å². The molecule has 2 saturated carbocycles. The van der Waals surface area contributed by atoms with Gasteiger partial charge in [-0.2, -0.15) is 29.8 Å². The monoisotopic (exact) mass is 1800 g/mol. The Bertz CT molecular complexity index is 5630. The summed E-state index contributed by atoms with van der Waals surface area (Å²) in [5.74, 6) is -9.16. The number of imide groups is 1. The van der Waals surface area contributed by atoms with Crippen molar-refractivity contribution in [3.8, 4) is 0 Å². The highest BCUT2D eigenvalue weighted by Gasteiger charge is 2.47. The minimum Gasteiger partial charge on any atom is -0.744 e. The van der Waals surface area contributed by atoms with E-state index in [2.05, 4.69) is 16.0 Å². The van der Waals surface area contributed by atoms with Gasteiger partial charge in [0.05, 0.1) is 52.8 Å². The molecule has 0 radical (unpaired) electrons. The normalized spacial score (nSPS) is 19.4. The van der Waals surface area contributed by atoms with E-state index in [-0.39, 0.29) is 109 Å². The van der Waals surface area contributed by atoms with Crippen molar-refractivity contribution in [2.45, 2.75) is 192 Å². The number of aliphatic carboxylic acids is 5. The largest absolute Gasteiger partial charge is 0.744 e. The van der Waals surface area contributed by atoms with Gasteiger partial charge in [0, 0.05) is 120 Å². The van der Waals surface area contributed by atoms with Crippen molar-refractivity contribution in [2.24, 2.45) is 11.8 Å². The van der Waals surface area contributed by atoms with Crippen LogP contribution in [0, 0.1) is 11.8 Å². The van der Waals surface area contributed by atoms with E-state index in [1.807, 2.05) is 44.1 Å². The fourth-order valence-corrected chi connectivity index (χ4v) is 20.6. The molecule has 0 bridgehead atoms. The van der Waals surface area contributed by atoms with Crippen LogP contribution in [0.3, 0.4) is 0 Å². The fraction of sp³-hybridized carbons (Fsp3) is 0.464. The van der Waals surface area contributed by atoms with Crippen molar-refractivity contribution in [1.82, 2.24) is 30.2 Å². The molecule has 5 aliphatic rings. The first-order valence-corrected chi connectivity index (χ1v) is 46.3. The summed E-state index contributed by atoms with van der Waals surface area (Å²) in [5.41, 5.74) is 2.14. The van der Waals surface area contributed by atoms with Crippen LogP contribution in [0.15, 0.2) is 141 Å². The summed E-state index contributed by atoms with van der Waals surface area (Å²) in [6.45, 7) is 6.39. The Balaban J connectivity index is 0.874. The molecule has 0 saturated heterocycles. The SMILES string of the molecule is CC[N+]1=C(/C=C/C=C/C=C2/N(CCCCCC(=O)N[C@@H](CCCCNC(=O)C3CCC(CN4C(=O)C=CC4=O)CC3)C(=O)Nc3ccc(C[C@H](CN(CC(=O)O)[C@H]4CCCC[C@@H]4N(CC(=O)O)CC(=O)O)N(CC(=O)O)CC(=O)O)cc3)c3cc4c(S(=O)(=O)O)cc(S(=O)(=O)O)cc4cc3C2(C)C)C(C)(C)c2c1ccc1c(S(=O)(=O)[O-])cc(S(=O)(=O)O)cc21. The second-order valence-corrected chi connectivity index (χ2v) is 38.5. The molecule has 4 atom stereocenters. The van der Waals surface area contributed by atoms with Crippen molar-refractivity contribution in [3.63, 3.8) is 0 Å². The molecule has 670 valence electrons. The van der Waals surface area contributed by atoms with E-state index in [0.717, 1.165) is 17.0 Å². The van der Waals surface area contributed by atoms with Gasteiger partial charge in [-0.05, 0) is 186 Å². The maximum atomic E-state index is 14.6. The Morgan fingerprint density at radius 2 is 1.20 bits per heavy atom. The van der Waals surface area contributed by atoms with Crippen molar-refractivity contribution in [1.29, 1.82) is 0 Å². The summed E-state index contributed by atoms with van der Waals surface area (Å²) < 4.78 is 147. The number of allylic oxidation sites excluding steroid dienone is 6. The molecule has 0 unspecified atom stereocenters. The molecule has 0 aromatic heterocycles. The van der Waals surface area contributed by atoms with Gasteiger partial charge in [-0.3, -0.25) is 81.2 Å². The number of benzene rings is 5. The number of unbranched alkanes of at least 4 members (excludes halogenated alkanes) is 3.